The highest BCUT2D eigenvalue weighted by Gasteiger charge is 2.07. The van der Waals surface area contributed by atoms with E-state index in [-0.39, 0.29) is 11.7 Å². The lowest BCUT2D eigenvalue weighted by Gasteiger charge is -2.09. The maximum absolute atomic E-state index is 13.6. The molecule has 4 nitrogen and oxygen atoms in total. The topological polar surface area (TPSA) is 54.0 Å². The number of halogens is 2. The van der Waals surface area contributed by atoms with Crippen molar-refractivity contribution < 1.29 is 9.18 Å². The summed E-state index contributed by atoms with van der Waals surface area (Å²) >= 11 is 5.87. The number of hydrogen-bond acceptors (Lipinski definition) is 3. The van der Waals surface area contributed by atoms with E-state index in [4.69, 9.17) is 11.6 Å². The average Bonchev–Trinajstić information content (AvgIpc) is 2.71. The molecule has 3 rings (SSSR count). The molecule has 0 saturated heterocycles. The molecule has 2 N–H and O–H groups in total. The maximum atomic E-state index is 13.6. The Morgan fingerprint density at radius 2 is 1.79 bits per heavy atom. The minimum Gasteiger partial charge on any atom is -0.383 e. The van der Waals surface area contributed by atoms with Crippen LogP contribution in [0.1, 0.15) is 21.5 Å². The zero-order valence-electron chi connectivity index (χ0n) is 15.3. The van der Waals surface area contributed by atoms with Gasteiger partial charge in [0.2, 0.25) is 0 Å². The molecule has 6 heteroatoms. The molecule has 0 aliphatic heterocycles. The Labute approximate surface area is 168 Å². The fourth-order valence-corrected chi connectivity index (χ4v) is 2.90. The fourth-order valence-electron chi connectivity index (χ4n) is 2.78. The van der Waals surface area contributed by atoms with Gasteiger partial charge in [-0.15, -0.1) is 0 Å². The van der Waals surface area contributed by atoms with Crippen molar-refractivity contribution in [2.24, 2.45) is 0 Å². The van der Waals surface area contributed by atoms with E-state index in [2.05, 4.69) is 15.6 Å². The average molecular weight is 398 g/mol. The fraction of sp³-hybridized carbons (Fsp3) is 0.182. The van der Waals surface area contributed by atoms with Gasteiger partial charge in [-0.05, 0) is 48.2 Å². The lowest BCUT2D eigenvalue weighted by atomic mass is 10.1. The van der Waals surface area contributed by atoms with E-state index in [0.29, 0.717) is 35.7 Å². The molecule has 144 valence electrons. The molecule has 0 unspecified atom stereocenters. The number of rotatable bonds is 8. The first-order chi connectivity index (χ1) is 13.6. The Kier molecular flexibility index (Phi) is 6.98. The normalized spacial score (nSPS) is 10.5. The van der Waals surface area contributed by atoms with Crippen LogP contribution >= 0.6 is 11.6 Å². The molecule has 0 saturated carbocycles. The van der Waals surface area contributed by atoms with Crippen molar-refractivity contribution in [1.29, 1.82) is 0 Å². The van der Waals surface area contributed by atoms with E-state index in [0.717, 1.165) is 17.7 Å². The number of anilines is 1. The van der Waals surface area contributed by atoms with Crippen molar-refractivity contribution in [3.8, 4) is 0 Å². The number of benzene rings is 2. The van der Waals surface area contributed by atoms with E-state index in [1.54, 1.807) is 24.4 Å². The van der Waals surface area contributed by atoms with Crippen LogP contribution in [0, 0.1) is 5.82 Å². The first-order valence-electron chi connectivity index (χ1n) is 9.07. The van der Waals surface area contributed by atoms with Crippen molar-refractivity contribution >= 4 is 23.2 Å². The van der Waals surface area contributed by atoms with Gasteiger partial charge >= 0.3 is 0 Å². The molecule has 1 amide bonds. The van der Waals surface area contributed by atoms with Gasteiger partial charge in [-0.3, -0.25) is 9.78 Å². The van der Waals surface area contributed by atoms with Gasteiger partial charge in [0.1, 0.15) is 5.82 Å². The van der Waals surface area contributed by atoms with E-state index in [9.17, 15) is 9.18 Å². The number of amides is 1. The van der Waals surface area contributed by atoms with Crippen LogP contribution in [-0.4, -0.2) is 24.0 Å². The Morgan fingerprint density at radius 3 is 2.57 bits per heavy atom. The highest BCUT2D eigenvalue weighted by atomic mass is 35.5. The van der Waals surface area contributed by atoms with E-state index >= 15 is 0 Å². The smallest absolute Gasteiger partial charge is 0.252 e. The predicted octanol–water partition coefficient (Wildman–Crippen LogP) is 4.50. The summed E-state index contributed by atoms with van der Waals surface area (Å²) in [5.74, 6) is -0.393. The minimum absolute atomic E-state index is 0.181. The molecule has 0 atom stereocenters. The third-order valence-corrected chi connectivity index (χ3v) is 4.55. The van der Waals surface area contributed by atoms with Gasteiger partial charge in [0.15, 0.2) is 0 Å². The van der Waals surface area contributed by atoms with E-state index in [1.807, 2.05) is 30.3 Å². The highest BCUT2D eigenvalue weighted by Crippen LogP contribution is 2.12. The molecule has 0 spiro atoms. The number of hydrogen-bond donors (Lipinski definition) is 2. The largest absolute Gasteiger partial charge is 0.383 e. The monoisotopic (exact) mass is 397 g/mol. The molecule has 0 radical (unpaired) electrons. The van der Waals surface area contributed by atoms with Gasteiger partial charge in [0.05, 0.1) is 11.3 Å². The predicted molar refractivity (Wildman–Crippen MR) is 110 cm³/mol. The maximum Gasteiger partial charge on any atom is 0.252 e. The van der Waals surface area contributed by atoms with Crippen molar-refractivity contribution in [2.75, 3.05) is 18.4 Å². The van der Waals surface area contributed by atoms with Crippen LogP contribution in [0.5, 0.6) is 0 Å². The van der Waals surface area contributed by atoms with E-state index < -0.39 is 0 Å². The molecule has 1 aromatic heterocycles. The zero-order valence-corrected chi connectivity index (χ0v) is 16.0. The molecule has 28 heavy (non-hydrogen) atoms. The summed E-state index contributed by atoms with van der Waals surface area (Å²) in [6.07, 6.45) is 4.44. The van der Waals surface area contributed by atoms with Crippen LogP contribution in [-0.2, 0) is 12.8 Å². The molecule has 0 aliphatic carbocycles. The first kappa shape index (κ1) is 19.8. The SMILES string of the molecule is O=C(NCCc1ccc(Cl)cc1)c1cncc(NCCc2ccccc2F)c1. The lowest BCUT2D eigenvalue weighted by Crippen LogP contribution is -2.26. The number of carbonyl (C=O) groups is 1. The first-order valence-corrected chi connectivity index (χ1v) is 9.44. The second-order valence-electron chi connectivity index (χ2n) is 6.36. The van der Waals surface area contributed by atoms with Crippen molar-refractivity contribution in [3.63, 3.8) is 0 Å². The Morgan fingerprint density at radius 1 is 1.00 bits per heavy atom. The summed E-state index contributed by atoms with van der Waals surface area (Å²) in [4.78, 5) is 16.4. The lowest BCUT2D eigenvalue weighted by molar-refractivity contribution is 0.0954. The van der Waals surface area contributed by atoms with Gasteiger partial charge in [-0.1, -0.05) is 41.9 Å². The van der Waals surface area contributed by atoms with Crippen LogP contribution in [0.15, 0.2) is 67.0 Å². The van der Waals surface area contributed by atoms with Gasteiger partial charge in [-0.2, -0.15) is 0 Å². The number of carbonyl (C=O) groups excluding carboxylic acids is 1. The summed E-state index contributed by atoms with van der Waals surface area (Å²) in [7, 11) is 0. The molecule has 0 bridgehead atoms. The number of pyridine rings is 1. The molecule has 3 aromatic rings. The van der Waals surface area contributed by atoms with Crippen LogP contribution in [0.25, 0.3) is 0 Å². The van der Waals surface area contributed by atoms with Crippen molar-refractivity contribution in [1.82, 2.24) is 10.3 Å². The van der Waals surface area contributed by atoms with Gasteiger partial charge in [-0.25, -0.2) is 4.39 Å². The Hall–Kier alpha value is -2.92. The van der Waals surface area contributed by atoms with Crippen molar-refractivity contribution in [2.45, 2.75) is 12.8 Å². The molecule has 0 fully saturated rings. The van der Waals surface area contributed by atoms with Crippen LogP contribution in [0.3, 0.4) is 0 Å². The highest BCUT2D eigenvalue weighted by molar-refractivity contribution is 6.30. The quantitative estimate of drug-likeness (QED) is 0.588. The van der Waals surface area contributed by atoms with Gasteiger partial charge < -0.3 is 10.6 Å². The zero-order chi connectivity index (χ0) is 19.8. The molecular weight excluding hydrogens is 377 g/mol. The van der Waals surface area contributed by atoms with Crippen LogP contribution in [0.2, 0.25) is 5.02 Å². The van der Waals surface area contributed by atoms with Gasteiger partial charge in [0.25, 0.3) is 5.91 Å². The molecular formula is C22H21ClFN3O. The van der Waals surface area contributed by atoms with Crippen molar-refractivity contribution in [3.05, 3.63) is 94.5 Å². The molecule has 1 heterocycles. The molecule has 0 aliphatic rings. The summed E-state index contributed by atoms with van der Waals surface area (Å²) < 4.78 is 13.6. The number of aromatic nitrogens is 1. The van der Waals surface area contributed by atoms with Crippen LogP contribution in [0.4, 0.5) is 10.1 Å². The molecule has 2 aromatic carbocycles. The third kappa shape index (κ3) is 5.79. The Balaban J connectivity index is 1.48. The van der Waals surface area contributed by atoms with Gasteiger partial charge in [0, 0.05) is 30.5 Å². The minimum atomic E-state index is -0.212. The summed E-state index contributed by atoms with van der Waals surface area (Å²) in [6, 6.07) is 16.0. The van der Waals surface area contributed by atoms with E-state index in [1.165, 1.54) is 12.3 Å². The second kappa shape index (κ2) is 9.85. The number of nitrogens with one attached hydrogen (secondary N) is 2. The summed E-state index contributed by atoms with van der Waals surface area (Å²) in [5.41, 5.74) is 2.96. The Bertz CT molecular complexity index is 931. The summed E-state index contributed by atoms with van der Waals surface area (Å²) in [6.45, 7) is 1.07. The summed E-state index contributed by atoms with van der Waals surface area (Å²) in [5, 5.41) is 6.76. The third-order valence-electron chi connectivity index (χ3n) is 4.29. The second-order valence-corrected chi connectivity index (χ2v) is 6.80. The standard InChI is InChI=1S/C22H21ClFN3O/c23-19-7-5-16(6-8-19)9-11-27-22(28)18-13-20(15-25-14-18)26-12-10-17-3-1-2-4-21(17)24/h1-8,13-15,26H,9-12H2,(H,27,28). The number of nitrogens with zero attached hydrogens (tertiary/aromatic N) is 1. The van der Waals surface area contributed by atoms with Crippen LogP contribution < -0.4 is 10.6 Å².